The van der Waals surface area contributed by atoms with Crippen LogP contribution in [0.5, 0.6) is 5.75 Å². The number of hydrogen-bond acceptors (Lipinski definition) is 4. The lowest BCUT2D eigenvalue weighted by Crippen LogP contribution is -2.18. The predicted octanol–water partition coefficient (Wildman–Crippen LogP) is 4.32. The summed E-state index contributed by atoms with van der Waals surface area (Å²) in [7, 11) is 0. The van der Waals surface area contributed by atoms with Crippen LogP contribution in [-0.4, -0.2) is 5.97 Å². The minimum atomic E-state index is -0.858. The smallest absolute Gasteiger partial charge is 0.351 e. The molecule has 0 saturated carbocycles. The SMILES string of the molecule is O=C(Oc1cc(Cl)ccc1Cl)c1cc2ccccc2oc1=O. The van der Waals surface area contributed by atoms with Crippen LogP contribution in [0.15, 0.2) is 57.7 Å². The molecule has 3 rings (SSSR count). The van der Waals surface area contributed by atoms with Crippen molar-refractivity contribution in [2.24, 2.45) is 0 Å². The zero-order chi connectivity index (χ0) is 15.7. The largest absolute Gasteiger partial charge is 0.422 e. The number of esters is 1. The third-order valence-electron chi connectivity index (χ3n) is 2.96. The maximum absolute atomic E-state index is 12.2. The number of ether oxygens (including phenoxy) is 1. The molecular formula is C16H8Cl2O4. The quantitative estimate of drug-likeness (QED) is 0.398. The molecule has 22 heavy (non-hydrogen) atoms. The summed E-state index contributed by atoms with van der Waals surface area (Å²) in [5.74, 6) is -0.782. The molecule has 0 bridgehead atoms. The first-order valence-corrected chi connectivity index (χ1v) is 7.00. The van der Waals surface area contributed by atoms with E-state index in [4.69, 9.17) is 32.4 Å². The third kappa shape index (κ3) is 2.84. The Morgan fingerprint density at radius 2 is 1.82 bits per heavy atom. The number of halogens is 2. The van der Waals surface area contributed by atoms with Crippen molar-refractivity contribution < 1.29 is 13.9 Å². The van der Waals surface area contributed by atoms with E-state index in [1.165, 1.54) is 18.2 Å². The number of fused-ring (bicyclic) bond motifs is 1. The van der Waals surface area contributed by atoms with Crippen molar-refractivity contribution in [1.82, 2.24) is 0 Å². The van der Waals surface area contributed by atoms with E-state index in [0.29, 0.717) is 16.0 Å². The Morgan fingerprint density at radius 1 is 1.05 bits per heavy atom. The first-order valence-electron chi connectivity index (χ1n) is 6.25. The maximum Gasteiger partial charge on any atom is 0.351 e. The van der Waals surface area contributed by atoms with E-state index in [2.05, 4.69) is 0 Å². The third-order valence-corrected chi connectivity index (χ3v) is 3.50. The predicted molar refractivity (Wildman–Crippen MR) is 83.9 cm³/mol. The topological polar surface area (TPSA) is 56.5 Å². The van der Waals surface area contributed by atoms with Gasteiger partial charge in [0.25, 0.3) is 0 Å². The van der Waals surface area contributed by atoms with E-state index >= 15 is 0 Å². The maximum atomic E-state index is 12.2. The van der Waals surface area contributed by atoms with Gasteiger partial charge >= 0.3 is 11.6 Å². The van der Waals surface area contributed by atoms with Crippen molar-refractivity contribution in [2.75, 3.05) is 0 Å². The van der Waals surface area contributed by atoms with Gasteiger partial charge in [0.1, 0.15) is 11.1 Å². The second-order valence-corrected chi connectivity index (χ2v) is 5.29. The lowest BCUT2D eigenvalue weighted by Gasteiger charge is -2.06. The highest BCUT2D eigenvalue weighted by atomic mass is 35.5. The van der Waals surface area contributed by atoms with Gasteiger partial charge in [0.05, 0.1) is 5.02 Å². The molecule has 0 amide bonds. The molecule has 2 aromatic carbocycles. The highest BCUT2D eigenvalue weighted by Gasteiger charge is 2.17. The molecule has 0 atom stereocenters. The molecule has 110 valence electrons. The average molecular weight is 335 g/mol. The summed E-state index contributed by atoms with van der Waals surface area (Å²) in [4.78, 5) is 24.0. The van der Waals surface area contributed by atoms with Crippen LogP contribution in [0.3, 0.4) is 0 Å². The van der Waals surface area contributed by atoms with Gasteiger partial charge in [-0.05, 0) is 24.3 Å². The molecule has 0 fully saturated rings. The van der Waals surface area contributed by atoms with E-state index in [1.54, 1.807) is 30.3 Å². The van der Waals surface area contributed by atoms with Crippen molar-refractivity contribution in [1.29, 1.82) is 0 Å². The number of rotatable bonds is 2. The van der Waals surface area contributed by atoms with Gasteiger partial charge in [0, 0.05) is 16.5 Å². The molecule has 6 heteroatoms. The summed E-state index contributed by atoms with van der Waals surface area (Å²) in [5.41, 5.74) is -0.596. The molecule has 4 nitrogen and oxygen atoms in total. The Labute approximate surface area is 134 Å². The molecule has 0 saturated heterocycles. The highest BCUT2D eigenvalue weighted by Crippen LogP contribution is 2.28. The number of hydrogen-bond donors (Lipinski definition) is 0. The van der Waals surface area contributed by atoms with Crippen LogP contribution in [0, 0.1) is 0 Å². The fraction of sp³-hybridized carbons (Fsp3) is 0. The number of carbonyl (C=O) groups is 1. The normalized spacial score (nSPS) is 10.6. The molecule has 0 unspecified atom stereocenters. The lowest BCUT2D eigenvalue weighted by atomic mass is 10.2. The van der Waals surface area contributed by atoms with Crippen LogP contribution in [-0.2, 0) is 0 Å². The second kappa shape index (κ2) is 5.83. The zero-order valence-electron chi connectivity index (χ0n) is 11.0. The second-order valence-electron chi connectivity index (χ2n) is 4.45. The summed E-state index contributed by atoms with van der Waals surface area (Å²) in [6.45, 7) is 0. The van der Waals surface area contributed by atoms with Crippen LogP contribution in [0.2, 0.25) is 10.0 Å². The summed E-state index contributed by atoms with van der Waals surface area (Å²) in [6.07, 6.45) is 0. The monoisotopic (exact) mass is 334 g/mol. The number of benzene rings is 2. The first-order chi connectivity index (χ1) is 10.5. The van der Waals surface area contributed by atoms with E-state index < -0.39 is 11.6 Å². The molecule has 1 aromatic heterocycles. The summed E-state index contributed by atoms with van der Waals surface area (Å²) in [5, 5.41) is 1.19. The van der Waals surface area contributed by atoms with Crippen molar-refractivity contribution >= 4 is 40.1 Å². The molecule has 0 N–H and O–H groups in total. The minimum Gasteiger partial charge on any atom is -0.422 e. The minimum absolute atomic E-state index is 0.0757. The Morgan fingerprint density at radius 3 is 2.64 bits per heavy atom. The fourth-order valence-electron chi connectivity index (χ4n) is 1.91. The van der Waals surface area contributed by atoms with E-state index in [0.717, 1.165) is 0 Å². The van der Waals surface area contributed by atoms with Crippen LogP contribution in [0.25, 0.3) is 11.0 Å². The van der Waals surface area contributed by atoms with Crippen LogP contribution < -0.4 is 10.4 Å². The van der Waals surface area contributed by atoms with Crippen molar-refractivity contribution in [2.45, 2.75) is 0 Å². The molecule has 0 radical (unpaired) electrons. The van der Waals surface area contributed by atoms with E-state index in [1.807, 2.05) is 0 Å². The summed E-state index contributed by atoms with van der Waals surface area (Å²) >= 11 is 11.8. The Kier molecular flexibility index (Phi) is 3.88. The van der Waals surface area contributed by atoms with Crippen LogP contribution in [0.1, 0.15) is 10.4 Å². The molecule has 0 spiro atoms. The molecule has 0 aliphatic rings. The van der Waals surface area contributed by atoms with Gasteiger partial charge in [0.2, 0.25) is 0 Å². The van der Waals surface area contributed by atoms with Gasteiger partial charge in [-0.25, -0.2) is 9.59 Å². The van der Waals surface area contributed by atoms with Crippen LogP contribution in [0.4, 0.5) is 0 Å². The molecule has 0 aliphatic carbocycles. The van der Waals surface area contributed by atoms with Gasteiger partial charge in [-0.1, -0.05) is 41.4 Å². The molecule has 1 heterocycles. The lowest BCUT2D eigenvalue weighted by molar-refractivity contribution is 0.0730. The Balaban J connectivity index is 2.00. The molecule has 0 aliphatic heterocycles. The van der Waals surface area contributed by atoms with E-state index in [-0.39, 0.29) is 16.3 Å². The van der Waals surface area contributed by atoms with Gasteiger partial charge in [-0.2, -0.15) is 0 Å². The van der Waals surface area contributed by atoms with Gasteiger partial charge in [-0.3, -0.25) is 0 Å². The van der Waals surface area contributed by atoms with Gasteiger partial charge in [0.15, 0.2) is 5.75 Å². The standard InChI is InChI=1S/C16H8Cl2O4/c17-10-5-6-12(18)14(8-10)22-16(20)11-7-9-3-1-2-4-13(9)21-15(11)19/h1-8H. The summed E-state index contributed by atoms with van der Waals surface area (Å²) < 4.78 is 10.2. The summed E-state index contributed by atoms with van der Waals surface area (Å²) in [6, 6.07) is 12.7. The Hall–Kier alpha value is -2.30. The zero-order valence-corrected chi connectivity index (χ0v) is 12.5. The Bertz CT molecular complexity index is 931. The van der Waals surface area contributed by atoms with Crippen molar-refractivity contribution in [3.63, 3.8) is 0 Å². The molecule has 3 aromatic rings. The van der Waals surface area contributed by atoms with Crippen molar-refractivity contribution in [3.8, 4) is 5.75 Å². The fourth-order valence-corrected chi connectivity index (χ4v) is 2.23. The molecular weight excluding hydrogens is 327 g/mol. The average Bonchev–Trinajstić information content (AvgIpc) is 2.50. The van der Waals surface area contributed by atoms with Gasteiger partial charge in [-0.15, -0.1) is 0 Å². The van der Waals surface area contributed by atoms with E-state index in [9.17, 15) is 9.59 Å². The highest BCUT2D eigenvalue weighted by molar-refractivity contribution is 6.34. The van der Waals surface area contributed by atoms with Gasteiger partial charge < -0.3 is 9.15 Å². The number of carbonyl (C=O) groups excluding carboxylic acids is 1. The van der Waals surface area contributed by atoms with Crippen molar-refractivity contribution in [3.05, 3.63) is 74.6 Å². The number of para-hydroxylation sites is 1. The first kappa shape index (κ1) is 14.6. The van der Waals surface area contributed by atoms with Crippen LogP contribution >= 0.6 is 23.2 Å².